The maximum absolute atomic E-state index is 6.04. The number of fused-ring (bicyclic) bond motifs is 1. The molecule has 19 heavy (non-hydrogen) atoms. The van der Waals surface area contributed by atoms with E-state index in [2.05, 4.69) is 20.5 Å². The second-order valence-electron chi connectivity index (χ2n) is 5.07. The smallest absolute Gasteiger partial charge is 0.243 e. The van der Waals surface area contributed by atoms with Crippen molar-refractivity contribution in [1.29, 1.82) is 0 Å². The molecule has 1 aliphatic carbocycles. The number of rotatable bonds is 3. The van der Waals surface area contributed by atoms with Crippen molar-refractivity contribution in [2.75, 3.05) is 11.2 Å². The van der Waals surface area contributed by atoms with Crippen LogP contribution >= 0.6 is 11.6 Å². The zero-order valence-corrected chi connectivity index (χ0v) is 11.5. The summed E-state index contributed by atoms with van der Waals surface area (Å²) in [5.41, 5.74) is 1.70. The normalized spacial score (nSPS) is 23.4. The average molecular weight is 277 g/mol. The van der Waals surface area contributed by atoms with Gasteiger partial charge in [0.25, 0.3) is 0 Å². The third-order valence-corrected chi connectivity index (χ3v) is 4.18. The Kier molecular flexibility index (Phi) is 3.78. The molecule has 0 aliphatic heterocycles. The van der Waals surface area contributed by atoms with Gasteiger partial charge in [-0.3, -0.25) is 0 Å². The van der Waals surface area contributed by atoms with Crippen LogP contribution in [0.25, 0.3) is 11.0 Å². The molecule has 0 saturated heterocycles. The van der Waals surface area contributed by atoms with E-state index in [1.165, 1.54) is 19.3 Å². The fourth-order valence-electron chi connectivity index (χ4n) is 2.69. The molecule has 5 heteroatoms. The Labute approximate surface area is 117 Å². The van der Waals surface area contributed by atoms with Gasteiger partial charge in [-0.1, -0.05) is 25.0 Å². The van der Waals surface area contributed by atoms with Crippen molar-refractivity contribution in [3.05, 3.63) is 24.3 Å². The number of nitrogens with zero attached hydrogens (tertiary/aromatic N) is 3. The summed E-state index contributed by atoms with van der Waals surface area (Å²) in [6, 6.07) is 8.14. The van der Waals surface area contributed by atoms with Gasteiger partial charge in [0.15, 0.2) is 0 Å². The van der Waals surface area contributed by atoms with E-state index in [9.17, 15) is 0 Å². The molecule has 1 aliphatic rings. The first-order valence-corrected chi connectivity index (χ1v) is 7.32. The number of aromatic nitrogens is 3. The molecule has 2 atom stereocenters. The van der Waals surface area contributed by atoms with Gasteiger partial charge in [-0.15, -0.1) is 21.8 Å². The summed E-state index contributed by atoms with van der Waals surface area (Å²) in [5.74, 6) is 1.81. The standard InChI is InChI=1S/C14H17ClN4/c15-9-10-5-1-2-6-11(10)16-14-17-12-7-3-4-8-13(12)18-19-14/h3-4,7-8,10-11H,1-2,5-6,9H2,(H,16,17,19). The van der Waals surface area contributed by atoms with Gasteiger partial charge >= 0.3 is 0 Å². The summed E-state index contributed by atoms with van der Waals surface area (Å²) in [4.78, 5) is 4.51. The lowest BCUT2D eigenvalue weighted by molar-refractivity contribution is 0.352. The number of nitrogens with one attached hydrogen (secondary N) is 1. The van der Waals surface area contributed by atoms with Crippen LogP contribution in [0.1, 0.15) is 25.7 Å². The Hall–Kier alpha value is -1.42. The third kappa shape index (κ3) is 2.78. The number of hydrogen-bond donors (Lipinski definition) is 1. The molecule has 0 spiro atoms. The van der Waals surface area contributed by atoms with E-state index in [1.807, 2.05) is 24.3 Å². The van der Waals surface area contributed by atoms with E-state index >= 15 is 0 Å². The molecule has 1 saturated carbocycles. The number of benzene rings is 1. The number of halogens is 1. The Morgan fingerprint density at radius 3 is 2.74 bits per heavy atom. The zero-order chi connectivity index (χ0) is 13.1. The highest BCUT2D eigenvalue weighted by Crippen LogP contribution is 2.27. The average Bonchev–Trinajstić information content (AvgIpc) is 2.48. The van der Waals surface area contributed by atoms with Crippen molar-refractivity contribution in [3.63, 3.8) is 0 Å². The summed E-state index contributed by atoms with van der Waals surface area (Å²) >= 11 is 6.04. The molecule has 3 rings (SSSR count). The number of hydrogen-bond acceptors (Lipinski definition) is 4. The third-order valence-electron chi connectivity index (χ3n) is 3.78. The lowest BCUT2D eigenvalue weighted by Gasteiger charge is -2.30. The van der Waals surface area contributed by atoms with Crippen molar-refractivity contribution < 1.29 is 0 Å². The Balaban J connectivity index is 1.80. The van der Waals surface area contributed by atoms with Crippen LogP contribution in [-0.4, -0.2) is 27.1 Å². The highest BCUT2D eigenvalue weighted by Gasteiger charge is 2.24. The van der Waals surface area contributed by atoms with E-state index in [4.69, 9.17) is 11.6 Å². The second kappa shape index (κ2) is 5.70. The second-order valence-corrected chi connectivity index (χ2v) is 5.38. The van der Waals surface area contributed by atoms with Crippen LogP contribution in [0.2, 0.25) is 0 Å². The van der Waals surface area contributed by atoms with Crippen molar-refractivity contribution in [1.82, 2.24) is 15.2 Å². The molecule has 0 radical (unpaired) electrons. The molecule has 1 N–H and O–H groups in total. The first kappa shape index (κ1) is 12.6. The number of para-hydroxylation sites is 1. The lowest BCUT2D eigenvalue weighted by Crippen LogP contribution is -2.34. The van der Waals surface area contributed by atoms with Crippen LogP contribution in [0.5, 0.6) is 0 Å². The molecular weight excluding hydrogens is 260 g/mol. The molecule has 0 amide bonds. The fraction of sp³-hybridized carbons (Fsp3) is 0.500. The van der Waals surface area contributed by atoms with Gasteiger partial charge in [0.1, 0.15) is 5.52 Å². The molecule has 4 nitrogen and oxygen atoms in total. The summed E-state index contributed by atoms with van der Waals surface area (Å²) in [6.07, 6.45) is 4.83. The van der Waals surface area contributed by atoms with Crippen molar-refractivity contribution >= 4 is 28.6 Å². The molecule has 1 aromatic carbocycles. The monoisotopic (exact) mass is 276 g/mol. The predicted octanol–water partition coefficient (Wildman–Crippen LogP) is 3.23. The molecule has 1 heterocycles. The van der Waals surface area contributed by atoms with Crippen LogP contribution in [0, 0.1) is 5.92 Å². The summed E-state index contributed by atoms with van der Waals surface area (Å²) in [7, 11) is 0. The number of alkyl halides is 1. The predicted molar refractivity (Wildman–Crippen MR) is 77.4 cm³/mol. The van der Waals surface area contributed by atoms with Crippen LogP contribution in [0.15, 0.2) is 24.3 Å². The van der Waals surface area contributed by atoms with Gasteiger partial charge in [-0.25, -0.2) is 4.98 Å². The maximum atomic E-state index is 6.04. The fourth-order valence-corrected chi connectivity index (χ4v) is 3.06. The van der Waals surface area contributed by atoms with Gasteiger partial charge < -0.3 is 5.32 Å². The first-order chi connectivity index (χ1) is 9.36. The summed E-state index contributed by atoms with van der Waals surface area (Å²) in [6.45, 7) is 0. The molecule has 2 aromatic rings. The van der Waals surface area contributed by atoms with Crippen LogP contribution in [-0.2, 0) is 0 Å². The summed E-state index contributed by atoms with van der Waals surface area (Å²) < 4.78 is 0. The highest BCUT2D eigenvalue weighted by atomic mass is 35.5. The van der Waals surface area contributed by atoms with Gasteiger partial charge in [-0.2, -0.15) is 0 Å². The van der Waals surface area contributed by atoms with Crippen LogP contribution < -0.4 is 5.32 Å². The summed E-state index contributed by atoms with van der Waals surface area (Å²) in [5, 5.41) is 11.7. The van der Waals surface area contributed by atoms with Gasteiger partial charge in [0, 0.05) is 11.9 Å². The molecule has 1 aromatic heterocycles. The van der Waals surface area contributed by atoms with Crippen LogP contribution in [0.3, 0.4) is 0 Å². The van der Waals surface area contributed by atoms with E-state index in [0.29, 0.717) is 23.8 Å². The molecule has 1 fully saturated rings. The van der Waals surface area contributed by atoms with Crippen molar-refractivity contribution in [3.8, 4) is 0 Å². The maximum Gasteiger partial charge on any atom is 0.243 e. The van der Waals surface area contributed by atoms with Crippen molar-refractivity contribution in [2.45, 2.75) is 31.7 Å². The minimum Gasteiger partial charge on any atom is -0.350 e. The Morgan fingerprint density at radius 2 is 1.89 bits per heavy atom. The van der Waals surface area contributed by atoms with Gasteiger partial charge in [0.2, 0.25) is 5.95 Å². The molecule has 0 bridgehead atoms. The lowest BCUT2D eigenvalue weighted by atomic mass is 9.86. The van der Waals surface area contributed by atoms with E-state index in [1.54, 1.807) is 0 Å². The van der Waals surface area contributed by atoms with E-state index in [-0.39, 0.29) is 0 Å². The largest absolute Gasteiger partial charge is 0.350 e. The van der Waals surface area contributed by atoms with Gasteiger partial charge in [0.05, 0.1) is 5.52 Å². The van der Waals surface area contributed by atoms with Crippen molar-refractivity contribution in [2.24, 2.45) is 5.92 Å². The minimum atomic E-state index is 0.370. The topological polar surface area (TPSA) is 50.7 Å². The molecular formula is C14H17ClN4. The van der Waals surface area contributed by atoms with E-state index in [0.717, 1.165) is 17.5 Å². The molecule has 2 unspecified atom stereocenters. The first-order valence-electron chi connectivity index (χ1n) is 6.79. The van der Waals surface area contributed by atoms with E-state index < -0.39 is 0 Å². The Morgan fingerprint density at radius 1 is 1.11 bits per heavy atom. The van der Waals surface area contributed by atoms with Crippen LogP contribution in [0.4, 0.5) is 5.95 Å². The minimum absolute atomic E-state index is 0.370. The number of anilines is 1. The zero-order valence-electron chi connectivity index (χ0n) is 10.7. The quantitative estimate of drug-likeness (QED) is 0.875. The highest BCUT2D eigenvalue weighted by molar-refractivity contribution is 6.18. The Bertz CT molecular complexity index is 560. The SMILES string of the molecule is ClCC1CCCCC1Nc1nnc2ccccc2n1. The van der Waals surface area contributed by atoms with Gasteiger partial charge in [-0.05, 0) is 30.9 Å². The molecule has 100 valence electrons.